The molecule has 0 aliphatic carbocycles. The second kappa shape index (κ2) is 5.47. The van der Waals surface area contributed by atoms with Crippen LogP contribution in [0.25, 0.3) is 0 Å². The molecule has 0 aliphatic rings. The minimum absolute atomic E-state index is 0.0140. The fraction of sp³-hybridized carbons (Fsp3) is 0.231. The smallest absolute Gasteiger partial charge is 0.398 e. The van der Waals surface area contributed by atoms with Crippen molar-refractivity contribution in [3.63, 3.8) is 0 Å². The molecule has 1 amide bonds. The first-order chi connectivity index (χ1) is 9.79. The molecule has 0 saturated heterocycles. The van der Waals surface area contributed by atoms with Crippen LogP contribution in [0.3, 0.4) is 0 Å². The van der Waals surface area contributed by atoms with Crippen molar-refractivity contribution >= 4 is 11.6 Å². The van der Waals surface area contributed by atoms with Gasteiger partial charge in [-0.05, 0) is 25.1 Å². The van der Waals surface area contributed by atoms with Gasteiger partial charge in [-0.1, -0.05) is 0 Å². The second-order valence-corrected chi connectivity index (χ2v) is 4.53. The summed E-state index contributed by atoms with van der Waals surface area (Å²) >= 11 is 0. The van der Waals surface area contributed by atoms with E-state index < -0.39 is 23.7 Å². The highest BCUT2D eigenvalue weighted by atomic mass is 19.4. The molecule has 5 nitrogen and oxygen atoms in total. The van der Waals surface area contributed by atoms with Crippen molar-refractivity contribution in [3.8, 4) is 0 Å². The van der Waals surface area contributed by atoms with E-state index in [4.69, 9.17) is 5.73 Å². The SMILES string of the molecule is CC(NC(=O)c1cc(C(F)(F)F)ccc1N)c1cn[nH]c1. The van der Waals surface area contributed by atoms with Crippen LogP contribution in [0.2, 0.25) is 0 Å². The van der Waals surface area contributed by atoms with Crippen molar-refractivity contribution in [1.29, 1.82) is 0 Å². The molecule has 1 atom stereocenters. The summed E-state index contributed by atoms with van der Waals surface area (Å²) in [5.74, 6) is -0.674. The summed E-state index contributed by atoms with van der Waals surface area (Å²) in [6, 6.07) is 2.24. The van der Waals surface area contributed by atoms with Crippen molar-refractivity contribution in [2.24, 2.45) is 0 Å². The van der Waals surface area contributed by atoms with E-state index >= 15 is 0 Å². The van der Waals surface area contributed by atoms with Gasteiger partial charge in [-0.25, -0.2) is 0 Å². The molecule has 8 heteroatoms. The highest BCUT2D eigenvalue weighted by molar-refractivity contribution is 5.99. The van der Waals surface area contributed by atoms with Crippen molar-refractivity contribution in [2.45, 2.75) is 19.1 Å². The van der Waals surface area contributed by atoms with E-state index in [0.717, 1.165) is 18.2 Å². The van der Waals surface area contributed by atoms with Crippen molar-refractivity contribution < 1.29 is 18.0 Å². The number of nitrogens with zero attached hydrogens (tertiary/aromatic N) is 1. The van der Waals surface area contributed by atoms with Crippen LogP contribution in [-0.4, -0.2) is 16.1 Å². The number of anilines is 1. The third kappa shape index (κ3) is 3.33. The standard InChI is InChI=1S/C13H13F3N4O/c1-7(8-5-18-19-6-8)20-12(21)10-4-9(13(14,15)16)2-3-11(10)17/h2-7H,17H2,1H3,(H,18,19)(H,20,21). The third-order valence-corrected chi connectivity index (χ3v) is 2.99. The van der Waals surface area contributed by atoms with Crippen LogP contribution in [0.1, 0.15) is 34.5 Å². The molecular formula is C13H13F3N4O. The Morgan fingerprint density at radius 2 is 2.14 bits per heavy atom. The molecule has 112 valence electrons. The lowest BCUT2D eigenvalue weighted by Gasteiger charge is -2.15. The molecule has 0 bridgehead atoms. The maximum absolute atomic E-state index is 12.7. The summed E-state index contributed by atoms with van der Waals surface area (Å²) in [4.78, 5) is 12.1. The molecule has 0 spiro atoms. The second-order valence-electron chi connectivity index (χ2n) is 4.53. The number of H-pyrrole nitrogens is 1. The van der Waals surface area contributed by atoms with Crippen LogP contribution < -0.4 is 11.1 Å². The number of aromatic amines is 1. The molecule has 0 radical (unpaired) electrons. The Bertz CT molecular complexity index is 637. The first kappa shape index (κ1) is 14.9. The van der Waals surface area contributed by atoms with E-state index in [9.17, 15) is 18.0 Å². The average molecular weight is 298 g/mol. The molecule has 2 rings (SSSR count). The topological polar surface area (TPSA) is 83.8 Å². The van der Waals surface area contributed by atoms with Crippen LogP contribution in [0.15, 0.2) is 30.6 Å². The molecule has 1 aromatic heterocycles. The highest BCUT2D eigenvalue weighted by Gasteiger charge is 2.31. The molecule has 2 aromatic rings. The van der Waals surface area contributed by atoms with Crippen LogP contribution in [0, 0.1) is 0 Å². The Balaban J connectivity index is 2.23. The number of hydrogen-bond acceptors (Lipinski definition) is 3. The summed E-state index contributed by atoms with van der Waals surface area (Å²) in [6.07, 6.45) is -1.43. The molecule has 1 heterocycles. The monoisotopic (exact) mass is 298 g/mol. The Morgan fingerprint density at radius 3 is 2.71 bits per heavy atom. The zero-order valence-electron chi connectivity index (χ0n) is 11.0. The maximum Gasteiger partial charge on any atom is 0.416 e. The predicted molar refractivity (Wildman–Crippen MR) is 70.3 cm³/mol. The van der Waals surface area contributed by atoms with Crippen LogP contribution in [0.4, 0.5) is 18.9 Å². The number of carbonyl (C=O) groups excluding carboxylic acids is 1. The highest BCUT2D eigenvalue weighted by Crippen LogP contribution is 2.31. The average Bonchev–Trinajstić information content (AvgIpc) is 2.91. The third-order valence-electron chi connectivity index (χ3n) is 2.99. The summed E-state index contributed by atoms with van der Waals surface area (Å²) < 4.78 is 38.0. The number of rotatable bonds is 3. The quantitative estimate of drug-likeness (QED) is 0.761. The minimum atomic E-state index is -4.53. The number of aromatic nitrogens is 2. The van der Waals surface area contributed by atoms with Gasteiger partial charge in [0.05, 0.1) is 23.4 Å². The van der Waals surface area contributed by atoms with Gasteiger partial charge < -0.3 is 11.1 Å². The lowest BCUT2D eigenvalue weighted by Crippen LogP contribution is -2.27. The number of carbonyl (C=O) groups is 1. The van der Waals surface area contributed by atoms with Gasteiger partial charge in [-0.15, -0.1) is 0 Å². The first-order valence-corrected chi connectivity index (χ1v) is 6.05. The Morgan fingerprint density at radius 1 is 1.43 bits per heavy atom. The maximum atomic E-state index is 12.7. The van der Waals surface area contributed by atoms with E-state index in [-0.39, 0.29) is 11.3 Å². The number of hydrogen-bond donors (Lipinski definition) is 3. The fourth-order valence-corrected chi connectivity index (χ4v) is 1.78. The lowest BCUT2D eigenvalue weighted by molar-refractivity contribution is -0.137. The summed E-state index contributed by atoms with van der Waals surface area (Å²) in [5.41, 5.74) is 5.14. The van der Waals surface area contributed by atoms with Gasteiger partial charge in [0.2, 0.25) is 0 Å². The Labute approximate surface area is 118 Å². The molecule has 21 heavy (non-hydrogen) atoms. The largest absolute Gasteiger partial charge is 0.416 e. The summed E-state index contributed by atoms with van der Waals surface area (Å²) in [5, 5.41) is 8.90. The number of nitrogens with two attached hydrogens (primary N) is 1. The summed E-state index contributed by atoms with van der Waals surface area (Å²) in [7, 11) is 0. The number of nitrogens with one attached hydrogen (secondary N) is 2. The van der Waals surface area contributed by atoms with Crippen molar-refractivity contribution in [2.75, 3.05) is 5.73 Å². The van der Waals surface area contributed by atoms with Gasteiger partial charge >= 0.3 is 6.18 Å². The van der Waals surface area contributed by atoms with Gasteiger partial charge in [0, 0.05) is 17.4 Å². The van der Waals surface area contributed by atoms with E-state index in [1.54, 1.807) is 13.1 Å². The fourth-order valence-electron chi connectivity index (χ4n) is 1.78. The zero-order valence-corrected chi connectivity index (χ0v) is 11.0. The number of halogens is 3. The molecule has 0 fully saturated rings. The van der Waals surface area contributed by atoms with Crippen LogP contribution >= 0.6 is 0 Å². The molecule has 4 N–H and O–H groups in total. The number of nitrogen functional groups attached to an aromatic ring is 1. The summed E-state index contributed by atoms with van der Waals surface area (Å²) in [6.45, 7) is 1.69. The van der Waals surface area contributed by atoms with Gasteiger partial charge in [-0.3, -0.25) is 9.89 Å². The first-order valence-electron chi connectivity index (χ1n) is 6.05. The lowest BCUT2D eigenvalue weighted by atomic mass is 10.1. The Hall–Kier alpha value is -2.51. The number of alkyl halides is 3. The van der Waals surface area contributed by atoms with Gasteiger partial charge in [0.25, 0.3) is 5.91 Å². The normalized spacial score (nSPS) is 13.0. The predicted octanol–water partition coefficient (Wildman–Crippen LogP) is 2.50. The molecule has 1 unspecified atom stereocenters. The number of amides is 1. The molecule has 1 aromatic carbocycles. The minimum Gasteiger partial charge on any atom is -0.398 e. The van der Waals surface area contributed by atoms with Crippen molar-refractivity contribution in [1.82, 2.24) is 15.5 Å². The van der Waals surface area contributed by atoms with Gasteiger partial charge in [0.1, 0.15) is 0 Å². The molecule has 0 aliphatic heterocycles. The van der Waals surface area contributed by atoms with Crippen molar-refractivity contribution in [3.05, 3.63) is 47.3 Å². The van der Waals surface area contributed by atoms with Crippen LogP contribution in [0.5, 0.6) is 0 Å². The molecular weight excluding hydrogens is 285 g/mol. The van der Waals surface area contributed by atoms with E-state index in [1.807, 2.05) is 0 Å². The van der Waals surface area contributed by atoms with Gasteiger partial charge in [0.15, 0.2) is 0 Å². The molecule has 0 saturated carbocycles. The van der Waals surface area contributed by atoms with E-state index in [0.29, 0.717) is 5.56 Å². The zero-order chi connectivity index (χ0) is 15.6. The van der Waals surface area contributed by atoms with Crippen LogP contribution in [-0.2, 0) is 6.18 Å². The van der Waals surface area contributed by atoms with E-state index in [1.165, 1.54) is 6.20 Å². The van der Waals surface area contributed by atoms with Gasteiger partial charge in [-0.2, -0.15) is 18.3 Å². The van der Waals surface area contributed by atoms with E-state index in [2.05, 4.69) is 15.5 Å². The Kier molecular flexibility index (Phi) is 3.88. The number of benzene rings is 1.